The number of aliphatic hydroxyl groups is 6. The highest BCUT2D eigenvalue weighted by atomic mass is 128. The quantitative estimate of drug-likeness (QED) is 0.0709. The van der Waals surface area contributed by atoms with E-state index in [1.807, 2.05) is 13.8 Å². The van der Waals surface area contributed by atoms with Gasteiger partial charge < -0.3 is 122 Å². The van der Waals surface area contributed by atoms with Crippen LogP contribution in [-0.2, 0) is 52.6 Å². The van der Waals surface area contributed by atoms with Gasteiger partial charge in [0.15, 0.2) is 29.7 Å². The molecule has 0 radical (unpaired) electrons. The maximum absolute atomic E-state index is 16.1. The molecule has 5 aromatic carbocycles. The Bertz CT molecular complexity index is 4200. The number of hydrogen-bond donors (Lipinski definition) is 17. The molecule has 0 aromatic heterocycles. The van der Waals surface area contributed by atoms with Gasteiger partial charge in [0.05, 0.1) is 46.9 Å². The number of phenols is 3. The number of nitrogens with zero attached hydrogens (tertiary/aromatic N) is 1. The standard InChI is InChI=1S/C70H83Cl2N9O23.I2/c1-26(2)16-38(74-7)63(93)79-53-56(88)31-11-14-42(36(71)18-31)100-44-20-33-21-45(60(44)104-69-61(59(91)58(90)46(25-82)102-69)103-48-24-70(6,81(8)9)62(92)29(5)99-48)101-43-15-12-32(19-37(43)72)57(89)54-68(98)76-50(28(4)83)35-22-41(85)27(3)55(87)49(35)34-17-30(10-13-40(34)84)51(65(95)80-54)78-66(96)52(33)77-64(94)39(23-47(73)86)75-67(53)97;1-2/h10-15,17-22,26,29,38-39,46,48,50-54,56-59,61-62,69,74,82,84-85,87-92H,16,23-25H2,1-9H3,(H2,73,86)(H,75,97)(H,76,98)(H,77,94)(H,78,96)(H,79,93)(H,80,95);/t29-,38+,39-,46+,48-,50+,51+,52+,53?,54-,56+,57+,58+,59-,61+,62+,69?,70-;/m0./s1. The summed E-state index contributed by atoms with van der Waals surface area (Å²) >= 11 is 18.5. The summed E-state index contributed by atoms with van der Waals surface area (Å²) in [4.78, 5) is 120. The molecule has 36 heteroatoms. The van der Waals surface area contributed by atoms with Crippen LogP contribution < -0.4 is 57.2 Å². The van der Waals surface area contributed by atoms with Gasteiger partial charge in [-0.3, -0.25) is 38.4 Å². The summed E-state index contributed by atoms with van der Waals surface area (Å²) in [5.74, 6) is -14.0. The fraction of sp³-hybridized carbons (Fsp3) is 0.457. The van der Waals surface area contributed by atoms with E-state index in [4.69, 9.17) is 57.4 Å². The first kappa shape index (κ1) is 82.5. The molecule has 7 aliphatic rings. The third kappa shape index (κ3) is 17.4. The second-order valence-electron chi connectivity index (χ2n) is 27.1. The zero-order chi connectivity index (χ0) is 78.0. The maximum Gasteiger partial charge on any atom is 0.248 e. The Morgan fingerprint density at radius 1 is 0.736 bits per heavy atom. The summed E-state index contributed by atoms with van der Waals surface area (Å²) in [6, 6.07) is -0.00248. The van der Waals surface area contributed by atoms with Crippen molar-refractivity contribution in [2.24, 2.45) is 11.7 Å². The molecule has 5 aromatic rings. The second kappa shape index (κ2) is 34.4. The van der Waals surface area contributed by atoms with Crippen LogP contribution in [0.1, 0.15) is 118 Å². The van der Waals surface area contributed by atoms with Gasteiger partial charge >= 0.3 is 0 Å². The smallest absolute Gasteiger partial charge is 0.248 e. The number of aromatic hydroxyl groups is 3. The second-order valence-corrected chi connectivity index (χ2v) is 28.0. The topological polar surface area (TPSA) is 487 Å². The number of Topliss-reactive ketones (excluding diaryl/α,β-unsaturated/α-hetero) is 1. The number of ether oxygens (including phenoxy) is 6. The molecule has 12 rings (SSSR count). The van der Waals surface area contributed by atoms with E-state index in [0.29, 0.717) is 0 Å². The minimum Gasteiger partial charge on any atom is -0.508 e. The first-order chi connectivity index (χ1) is 50.0. The number of ketones is 1. The zero-order valence-electron chi connectivity index (χ0n) is 58.4. The van der Waals surface area contributed by atoms with Crippen LogP contribution in [0.15, 0.2) is 72.8 Å². The lowest BCUT2D eigenvalue weighted by molar-refractivity contribution is -0.337. The van der Waals surface area contributed by atoms with E-state index >= 15 is 19.2 Å². The summed E-state index contributed by atoms with van der Waals surface area (Å²) in [6.45, 7) is 8.37. The molecule has 2 fully saturated rings. The molecule has 7 aliphatic heterocycles. The van der Waals surface area contributed by atoms with Crippen LogP contribution >= 0.6 is 60.4 Å². The number of halogens is 4. The normalized spacial score (nSPS) is 28.5. The molecular formula is C70H83Cl2I2N9O23. The van der Waals surface area contributed by atoms with Crippen LogP contribution in [-0.4, -0.2) is 205 Å². The van der Waals surface area contributed by atoms with Crippen LogP contribution in [0.25, 0.3) is 11.1 Å². The van der Waals surface area contributed by atoms with E-state index in [1.165, 1.54) is 38.2 Å². The van der Waals surface area contributed by atoms with Crippen molar-refractivity contribution in [3.8, 4) is 57.1 Å². The molecule has 7 heterocycles. The largest absolute Gasteiger partial charge is 0.508 e. The number of carbonyl (C=O) groups is 8. The Hall–Kier alpha value is -7.54. The average molecular weight is 1740 g/mol. The summed E-state index contributed by atoms with van der Waals surface area (Å²) < 4.78 is 39.0. The van der Waals surface area contributed by atoms with E-state index < -0.39 is 214 Å². The van der Waals surface area contributed by atoms with E-state index in [2.05, 4.69) is 74.4 Å². The molecule has 574 valence electrons. The number of rotatable bonds is 14. The number of phenolic OH excluding ortho intramolecular Hbond substituents is 3. The maximum atomic E-state index is 16.1. The number of aliphatic hydroxyl groups excluding tert-OH is 6. The fourth-order valence-corrected chi connectivity index (χ4v) is 13.6. The van der Waals surface area contributed by atoms with Crippen molar-refractivity contribution in [1.82, 2.24) is 42.1 Å². The Labute approximate surface area is 640 Å². The van der Waals surface area contributed by atoms with Crippen molar-refractivity contribution < 1.29 is 113 Å². The molecule has 0 saturated carbocycles. The Kier molecular flexibility index (Phi) is 26.7. The van der Waals surface area contributed by atoms with Crippen molar-refractivity contribution in [1.29, 1.82) is 0 Å². The Morgan fingerprint density at radius 2 is 1.32 bits per heavy atom. The number of nitrogens with one attached hydrogen (secondary N) is 7. The first-order valence-electron chi connectivity index (χ1n) is 33.3. The van der Waals surface area contributed by atoms with E-state index in [9.17, 15) is 65.1 Å². The highest BCUT2D eigenvalue weighted by Gasteiger charge is 2.53. The van der Waals surface area contributed by atoms with Gasteiger partial charge in [-0.2, -0.15) is 0 Å². The Balaban J connectivity index is 0.00000644. The molecule has 18 atom stereocenters. The van der Waals surface area contributed by atoms with E-state index in [1.54, 1.807) is 32.8 Å². The molecule has 0 aliphatic carbocycles. The molecule has 7 amide bonds. The highest BCUT2D eigenvalue weighted by Crippen LogP contribution is 2.50. The van der Waals surface area contributed by atoms with Gasteiger partial charge in [-0.1, -0.05) is 55.2 Å². The molecule has 18 N–H and O–H groups in total. The average Bonchev–Trinajstić information content (AvgIpc) is 0.765. The van der Waals surface area contributed by atoms with Gasteiger partial charge in [-0.15, -0.1) is 0 Å². The van der Waals surface area contributed by atoms with Crippen molar-refractivity contribution >= 4 is 108 Å². The third-order valence-electron chi connectivity index (χ3n) is 19.3. The Morgan fingerprint density at radius 3 is 1.89 bits per heavy atom. The molecule has 106 heavy (non-hydrogen) atoms. The van der Waals surface area contributed by atoms with Crippen LogP contribution in [0, 0.1) is 12.8 Å². The molecule has 11 bridgehead atoms. The van der Waals surface area contributed by atoms with Gasteiger partial charge in [-0.25, -0.2) is 0 Å². The van der Waals surface area contributed by atoms with E-state index in [0.717, 1.165) is 55.5 Å². The third-order valence-corrected chi connectivity index (χ3v) is 19.9. The monoisotopic (exact) mass is 1740 g/mol. The van der Waals surface area contributed by atoms with E-state index in [-0.39, 0.29) is 74.2 Å². The lowest BCUT2D eigenvalue weighted by atomic mass is 9.84. The number of benzene rings is 5. The first-order valence-corrected chi connectivity index (χ1v) is 40.3. The molecule has 2 saturated heterocycles. The van der Waals surface area contributed by atoms with Gasteiger partial charge in [0.1, 0.15) is 95.5 Å². The summed E-state index contributed by atoms with van der Waals surface area (Å²) in [7, 11) is 4.91. The number of carbonyl (C=O) groups excluding carboxylic acids is 8. The van der Waals surface area contributed by atoms with Crippen molar-refractivity contribution in [3.63, 3.8) is 0 Å². The fourth-order valence-electron chi connectivity index (χ4n) is 13.1. The molecular weight excluding hydrogens is 1660 g/mol. The van der Waals surface area contributed by atoms with Crippen molar-refractivity contribution in [3.05, 3.63) is 116 Å². The van der Waals surface area contributed by atoms with Crippen molar-refractivity contribution in [2.45, 2.75) is 170 Å². The molecule has 2 unspecified atom stereocenters. The summed E-state index contributed by atoms with van der Waals surface area (Å²) in [5, 5.41) is 122. The van der Waals surface area contributed by atoms with Crippen LogP contribution in [0.3, 0.4) is 0 Å². The molecule has 0 spiro atoms. The number of amides is 7. The molecule has 32 nitrogen and oxygen atoms in total. The minimum atomic E-state index is -2.31. The highest BCUT2D eigenvalue weighted by molar-refractivity contribution is 15.0. The van der Waals surface area contributed by atoms with Gasteiger partial charge in [0.25, 0.3) is 0 Å². The van der Waals surface area contributed by atoms with Crippen LogP contribution in [0.5, 0.6) is 46.0 Å². The predicted octanol–water partition coefficient (Wildman–Crippen LogP) is 3.29. The predicted molar refractivity (Wildman–Crippen MR) is 395 cm³/mol. The van der Waals surface area contributed by atoms with Gasteiger partial charge in [-0.05, 0) is 144 Å². The number of primary amides is 1. The van der Waals surface area contributed by atoms with Crippen LogP contribution in [0.2, 0.25) is 10.0 Å². The summed E-state index contributed by atoms with van der Waals surface area (Å²) in [6.07, 6.45) is -17.8. The number of fused-ring (bicyclic) bond motifs is 15. The van der Waals surface area contributed by atoms with Gasteiger partial charge in [0.2, 0.25) is 53.4 Å². The lowest BCUT2D eigenvalue weighted by Gasteiger charge is -2.50. The summed E-state index contributed by atoms with van der Waals surface area (Å²) in [5.41, 5.74) is 2.45. The SMILES string of the molecule is CN[C@H](CC(C)C)C(=O)NC1C(=O)N[C@@H](CC(N)=O)C(=O)N[C@H]2C(=O)N[C@H]3C(=O)N[C@H](C(=O)N[C@H](C(C)=O)c4cc(O)c(C)c(O)c4-c4cc3ccc4O)[C@H](O)c3ccc(c(Cl)c3)Oc3cc2cc(c3OC2O[C@H](CO)[C@@H](O)[C@H](O)[C@H]2O[C@H]2C[C@](C)(N(C)C)[C@H](O)[C@H](C)O2)Oc2ccc(cc2Cl)[C@H]1O.II. The number of nitrogens with two attached hydrogens (primary N) is 1. The van der Waals surface area contributed by atoms with Crippen molar-refractivity contribution in [2.75, 3.05) is 27.7 Å². The van der Waals surface area contributed by atoms with Crippen LogP contribution in [0.4, 0.5) is 0 Å². The minimum absolute atomic E-state index is 0.0744. The number of hydrogen-bond acceptors (Lipinski definition) is 25. The van der Waals surface area contributed by atoms with Gasteiger partial charge in [0, 0.05) is 60.3 Å². The number of likely N-dealkylation sites (N-methyl/N-ethyl adjacent to an activating group) is 2. The lowest BCUT2D eigenvalue weighted by Crippen LogP contribution is -2.65. The zero-order valence-corrected chi connectivity index (χ0v) is 64.3.